The van der Waals surface area contributed by atoms with Crippen LogP contribution in [0.3, 0.4) is 0 Å². The number of hydrogen-bond donors (Lipinski definition) is 1. The molecule has 0 aromatic carbocycles. The highest BCUT2D eigenvalue weighted by Gasteiger charge is 1.99. The van der Waals surface area contributed by atoms with Gasteiger partial charge >= 0.3 is 0 Å². The van der Waals surface area contributed by atoms with Crippen LogP contribution in [-0.4, -0.2) is 14.0 Å². The van der Waals surface area contributed by atoms with Crippen molar-refractivity contribution in [1.29, 1.82) is 0 Å². The van der Waals surface area contributed by atoms with Crippen molar-refractivity contribution in [3.63, 3.8) is 0 Å². The van der Waals surface area contributed by atoms with E-state index in [0.29, 0.717) is 0 Å². The van der Waals surface area contributed by atoms with Gasteiger partial charge in [0.1, 0.15) is 3.69 Å². The maximum absolute atomic E-state index is 8.83. The van der Waals surface area contributed by atoms with Gasteiger partial charge in [-0.05, 0) is 4.08 Å². The minimum atomic E-state index is -0.359. The quantitative estimate of drug-likeness (QED) is 0.644. The molecule has 0 radical (unpaired) electrons. The van der Waals surface area contributed by atoms with E-state index in [1.807, 2.05) is 4.08 Å². The Morgan fingerprint density at radius 1 is 1.75 bits per heavy atom. The predicted octanol–water partition coefficient (Wildman–Crippen LogP) is 1.58. The average Bonchev–Trinajstić information content (AvgIpc) is 1.77. The lowest BCUT2D eigenvalue weighted by Gasteiger charge is -1.94. The van der Waals surface area contributed by atoms with Crippen molar-refractivity contribution < 1.29 is 5.11 Å². The third kappa shape index (κ3) is 1.37. The normalized spacial score (nSPS) is 18.8. The summed E-state index contributed by atoms with van der Waals surface area (Å²) in [6.07, 6.45) is 1.62. The van der Waals surface area contributed by atoms with Crippen LogP contribution in [0.1, 0.15) is 0 Å². The Morgan fingerprint density at radius 3 is 2.88 bits per heavy atom. The van der Waals surface area contributed by atoms with E-state index in [2.05, 4.69) is 4.99 Å². The highest BCUT2D eigenvalue weighted by molar-refractivity contribution is 14.2. The molecule has 0 aromatic heterocycles. The van der Waals surface area contributed by atoms with Gasteiger partial charge in [0.05, 0.1) is 0 Å². The Morgan fingerprint density at radius 2 is 2.50 bits per heavy atom. The van der Waals surface area contributed by atoms with Crippen molar-refractivity contribution in [2.75, 3.05) is 0 Å². The summed E-state index contributed by atoms with van der Waals surface area (Å²) >= 11 is 5.05. The first-order valence-corrected chi connectivity index (χ1v) is 4.59. The Balaban J connectivity index is 2.93. The van der Waals surface area contributed by atoms with Gasteiger partial charge in [0, 0.05) is 6.20 Å². The van der Waals surface area contributed by atoms with Crippen LogP contribution in [0.4, 0.5) is 0 Å². The molecule has 0 aromatic rings. The Labute approximate surface area is 61.6 Å². The maximum Gasteiger partial charge on any atom is 0.164 e. The van der Waals surface area contributed by atoms with Crippen LogP contribution < -0.4 is 0 Å². The Bertz CT molecular complexity index is 164. The summed E-state index contributed by atoms with van der Waals surface area (Å²) in [6.45, 7) is 0. The number of aliphatic hydroxyl groups is 1. The lowest BCUT2D eigenvalue weighted by molar-refractivity contribution is 0.582. The van der Waals surface area contributed by atoms with E-state index >= 15 is 0 Å². The fraction of sp³-hybridized carbons (Fsp3) is 0. The number of nitrogens with zero attached hydrogens (tertiary/aromatic N) is 1. The second-order valence-corrected chi connectivity index (χ2v) is 3.82. The number of aliphatic imine (C=N–C) groups is 1. The first kappa shape index (κ1) is 6.38. The summed E-state index contributed by atoms with van der Waals surface area (Å²) < 4.78 is 2.10. The molecule has 0 amide bonds. The smallest absolute Gasteiger partial charge is 0.164 e. The molecule has 0 saturated carbocycles. The van der Waals surface area contributed by atoms with Crippen LogP contribution in [0.5, 0.6) is 0 Å². The molecule has 0 bridgehead atoms. The van der Waals surface area contributed by atoms with Gasteiger partial charge in [0.2, 0.25) is 0 Å². The van der Waals surface area contributed by atoms with Crippen molar-refractivity contribution in [3.05, 3.63) is 10.3 Å². The summed E-state index contributed by atoms with van der Waals surface area (Å²) in [5, 5.41) is 9.08. The molecule has 8 heavy (non-hydrogen) atoms. The zero-order chi connectivity index (χ0) is 5.98. The van der Waals surface area contributed by atoms with Crippen LogP contribution >= 0.6 is 32.3 Å². The molecule has 1 aliphatic rings. The molecule has 1 heterocycles. The second-order valence-electron chi connectivity index (χ2n) is 1.09. The van der Waals surface area contributed by atoms with Crippen molar-refractivity contribution in [3.8, 4) is 0 Å². The highest BCUT2D eigenvalue weighted by Crippen LogP contribution is 2.09. The Hall–Kier alpha value is 0.260. The minimum Gasteiger partial charge on any atom is -0.353 e. The van der Waals surface area contributed by atoms with Crippen molar-refractivity contribution >= 4 is 41.2 Å². The zero-order valence-electron chi connectivity index (χ0n) is 3.81. The van der Waals surface area contributed by atoms with Crippen LogP contribution in [0.25, 0.3) is 0 Å². The summed E-state index contributed by atoms with van der Waals surface area (Å²) in [5.41, 5.74) is 0. The van der Waals surface area contributed by atoms with Gasteiger partial charge in [0.25, 0.3) is 0 Å². The van der Waals surface area contributed by atoms with Gasteiger partial charge in [-0.2, -0.15) is 0 Å². The summed E-state index contributed by atoms with van der Waals surface area (Å²) in [6, 6.07) is 0. The topological polar surface area (TPSA) is 32.6 Å². The van der Waals surface area contributed by atoms with Crippen molar-refractivity contribution in [2.45, 2.75) is 0 Å². The molecule has 1 rings (SSSR count). The van der Waals surface area contributed by atoms with E-state index in [1.54, 1.807) is 6.20 Å². The van der Waals surface area contributed by atoms with Crippen molar-refractivity contribution in [2.24, 2.45) is 4.99 Å². The second kappa shape index (κ2) is 2.70. The van der Waals surface area contributed by atoms with E-state index in [0.717, 1.165) is 0 Å². The van der Waals surface area contributed by atoms with Gasteiger partial charge in [-0.1, -0.05) is 32.3 Å². The molecule has 4 heteroatoms. The van der Waals surface area contributed by atoms with E-state index in [9.17, 15) is 0 Å². The highest BCUT2D eigenvalue weighted by atomic mass is 127. The molecule has 0 aliphatic carbocycles. The first-order chi connectivity index (χ1) is 3.80. The lowest BCUT2D eigenvalue weighted by atomic mass is 10.8. The fourth-order valence-corrected chi connectivity index (χ4v) is 1.67. The van der Waals surface area contributed by atoms with E-state index in [1.165, 1.54) is 0 Å². The molecule has 0 saturated heterocycles. The Kier molecular flexibility index (Phi) is 2.16. The third-order valence-corrected chi connectivity index (χ3v) is 2.96. The molecule has 2 nitrogen and oxygen atoms in total. The molecular weight excluding hydrogens is 240 g/mol. The standard InChI is InChI=1S/C4H3ClINO/c5-3-4(8)6-1-2-7-3/h1-2,8H. The third-order valence-electron chi connectivity index (χ3n) is 0.581. The summed E-state index contributed by atoms with van der Waals surface area (Å²) in [7, 11) is 0. The zero-order valence-corrected chi connectivity index (χ0v) is 6.72. The van der Waals surface area contributed by atoms with Gasteiger partial charge in [0.15, 0.2) is 5.17 Å². The number of rotatable bonds is 0. The molecule has 44 valence electrons. The molecule has 1 N–H and O–H groups in total. The minimum absolute atomic E-state index is 0.250. The van der Waals surface area contributed by atoms with Gasteiger partial charge < -0.3 is 5.11 Å². The summed E-state index contributed by atoms with van der Waals surface area (Å²) in [4.78, 5) is 3.65. The number of halogens is 2. The largest absolute Gasteiger partial charge is 0.353 e. The number of aliphatic hydroxyl groups excluding tert-OH is 1. The molecule has 0 atom stereocenters. The molecular formula is C4H3ClINO. The SMILES string of the molecule is OC1=IC=CN=C1Cl. The average molecular weight is 243 g/mol. The molecule has 1 aliphatic heterocycles. The monoisotopic (exact) mass is 243 g/mol. The molecule has 0 fully saturated rings. The molecule has 0 spiro atoms. The first-order valence-electron chi connectivity index (χ1n) is 1.88. The lowest BCUT2D eigenvalue weighted by Crippen LogP contribution is -2.02. The fourth-order valence-electron chi connectivity index (χ4n) is 0.280. The van der Waals surface area contributed by atoms with E-state index < -0.39 is 0 Å². The number of hydrogen-bond acceptors (Lipinski definition) is 2. The van der Waals surface area contributed by atoms with Crippen LogP contribution in [0.15, 0.2) is 15.3 Å². The summed E-state index contributed by atoms with van der Waals surface area (Å²) in [5.74, 6) is 0. The van der Waals surface area contributed by atoms with Crippen LogP contribution in [0.2, 0.25) is 0 Å². The van der Waals surface area contributed by atoms with Crippen molar-refractivity contribution in [1.82, 2.24) is 0 Å². The van der Waals surface area contributed by atoms with Gasteiger partial charge in [-0.3, -0.25) is 0 Å². The van der Waals surface area contributed by atoms with Gasteiger partial charge in [-0.25, -0.2) is 4.99 Å². The maximum atomic E-state index is 8.83. The predicted molar refractivity (Wildman–Crippen MR) is 43.4 cm³/mol. The van der Waals surface area contributed by atoms with E-state index in [4.69, 9.17) is 16.7 Å². The van der Waals surface area contributed by atoms with Gasteiger partial charge in [-0.15, -0.1) is 0 Å². The molecule has 0 unspecified atom stereocenters. The van der Waals surface area contributed by atoms with Crippen LogP contribution in [0, 0.1) is 0 Å². The van der Waals surface area contributed by atoms with Crippen LogP contribution in [-0.2, 0) is 0 Å². The van der Waals surface area contributed by atoms with E-state index in [-0.39, 0.29) is 29.6 Å².